The summed E-state index contributed by atoms with van der Waals surface area (Å²) in [6.07, 6.45) is 5.51. The predicted molar refractivity (Wildman–Crippen MR) is 71.2 cm³/mol. The van der Waals surface area contributed by atoms with Crippen LogP contribution in [0.3, 0.4) is 0 Å². The molecule has 0 aliphatic carbocycles. The van der Waals surface area contributed by atoms with Crippen molar-refractivity contribution in [3.05, 3.63) is 29.6 Å². The van der Waals surface area contributed by atoms with Crippen molar-refractivity contribution in [1.29, 1.82) is 0 Å². The van der Waals surface area contributed by atoms with Crippen molar-refractivity contribution in [2.45, 2.75) is 39.0 Å². The van der Waals surface area contributed by atoms with Crippen LogP contribution in [0.5, 0.6) is 0 Å². The molecule has 0 saturated carbocycles. The SMILES string of the molecule is Cc1c(CN)ccc2c1ncn2[C@H]1CCCCO1. The quantitative estimate of drug-likeness (QED) is 0.884. The molecule has 0 unspecified atom stereocenters. The summed E-state index contributed by atoms with van der Waals surface area (Å²) in [5.74, 6) is 0. The first-order chi connectivity index (χ1) is 8.81. The fourth-order valence-electron chi connectivity index (χ4n) is 2.67. The van der Waals surface area contributed by atoms with E-state index in [9.17, 15) is 0 Å². The topological polar surface area (TPSA) is 53.1 Å². The lowest BCUT2D eigenvalue weighted by atomic mass is 10.1. The number of nitrogens with two attached hydrogens (primary N) is 1. The van der Waals surface area contributed by atoms with Crippen molar-refractivity contribution in [3.8, 4) is 0 Å². The van der Waals surface area contributed by atoms with E-state index in [1.165, 1.54) is 18.4 Å². The monoisotopic (exact) mass is 245 g/mol. The first-order valence-corrected chi connectivity index (χ1v) is 6.58. The summed E-state index contributed by atoms with van der Waals surface area (Å²) >= 11 is 0. The van der Waals surface area contributed by atoms with E-state index in [1.807, 2.05) is 6.33 Å². The Morgan fingerprint density at radius 1 is 1.44 bits per heavy atom. The van der Waals surface area contributed by atoms with E-state index in [1.54, 1.807) is 0 Å². The number of aromatic nitrogens is 2. The fraction of sp³-hybridized carbons (Fsp3) is 0.500. The van der Waals surface area contributed by atoms with Gasteiger partial charge in [0.15, 0.2) is 0 Å². The number of ether oxygens (including phenoxy) is 1. The molecule has 0 bridgehead atoms. The minimum Gasteiger partial charge on any atom is -0.358 e. The van der Waals surface area contributed by atoms with Crippen LogP contribution in [0, 0.1) is 6.92 Å². The van der Waals surface area contributed by atoms with E-state index in [-0.39, 0.29) is 6.23 Å². The number of fused-ring (bicyclic) bond motifs is 1. The van der Waals surface area contributed by atoms with Gasteiger partial charge >= 0.3 is 0 Å². The minimum absolute atomic E-state index is 0.145. The summed E-state index contributed by atoms with van der Waals surface area (Å²) in [4.78, 5) is 4.53. The Hall–Kier alpha value is -1.39. The Balaban J connectivity index is 2.06. The smallest absolute Gasteiger partial charge is 0.135 e. The Morgan fingerprint density at radius 3 is 3.06 bits per heavy atom. The summed E-state index contributed by atoms with van der Waals surface area (Å²) in [6.45, 7) is 3.50. The van der Waals surface area contributed by atoms with Gasteiger partial charge in [-0.1, -0.05) is 6.07 Å². The normalized spacial score (nSPS) is 20.4. The van der Waals surface area contributed by atoms with Crippen LogP contribution in [0.15, 0.2) is 18.5 Å². The zero-order chi connectivity index (χ0) is 12.5. The number of aryl methyl sites for hydroxylation is 1. The highest BCUT2D eigenvalue weighted by molar-refractivity contribution is 5.80. The van der Waals surface area contributed by atoms with Crippen molar-refractivity contribution < 1.29 is 4.74 Å². The van der Waals surface area contributed by atoms with Gasteiger partial charge in [-0.05, 0) is 43.4 Å². The van der Waals surface area contributed by atoms with Crippen molar-refractivity contribution >= 4 is 11.0 Å². The summed E-state index contributed by atoms with van der Waals surface area (Å²) < 4.78 is 7.98. The standard InChI is InChI=1S/C14H19N3O/c1-10-11(8-15)5-6-12-14(10)16-9-17(12)13-4-2-3-7-18-13/h5-6,9,13H,2-4,7-8,15H2,1H3/t13-/m1/s1. The van der Waals surface area contributed by atoms with Gasteiger partial charge in [-0.3, -0.25) is 0 Å². The second-order valence-corrected chi connectivity index (χ2v) is 4.89. The number of imidazole rings is 1. The summed E-state index contributed by atoms with van der Waals surface area (Å²) in [7, 11) is 0. The molecule has 1 aromatic carbocycles. The van der Waals surface area contributed by atoms with Gasteiger partial charge in [0.1, 0.15) is 6.23 Å². The molecule has 3 rings (SSSR count). The van der Waals surface area contributed by atoms with Gasteiger partial charge in [0.2, 0.25) is 0 Å². The Bertz CT molecular complexity index is 555. The molecule has 1 aromatic heterocycles. The van der Waals surface area contributed by atoms with Crippen molar-refractivity contribution in [1.82, 2.24) is 9.55 Å². The van der Waals surface area contributed by atoms with Crippen LogP contribution in [-0.4, -0.2) is 16.2 Å². The van der Waals surface area contributed by atoms with Crippen molar-refractivity contribution in [2.75, 3.05) is 6.61 Å². The maximum Gasteiger partial charge on any atom is 0.135 e. The lowest BCUT2D eigenvalue weighted by molar-refractivity contribution is -0.0295. The van der Waals surface area contributed by atoms with E-state index in [4.69, 9.17) is 10.5 Å². The van der Waals surface area contributed by atoms with Gasteiger partial charge in [-0.25, -0.2) is 4.98 Å². The minimum atomic E-state index is 0.145. The molecule has 4 heteroatoms. The van der Waals surface area contributed by atoms with Gasteiger partial charge in [0.05, 0.1) is 17.4 Å². The summed E-state index contributed by atoms with van der Waals surface area (Å²) in [5, 5.41) is 0. The highest BCUT2D eigenvalue weighted by Crippen LogP contribution is 2.28. The molecule has 18 heavy (non-hydrogen) atoms. The number of hydrogen-bond acceptors (Lipinski definition) is 3. The molecule has 1 fully saturated rings. The summed E-state index contributed by atoms with van der Waals surface area (Å²) in [5.41, 5.74) is 10.3. The van der Waals surface area contributed by atoms with E-state index >= 15 is 0 Å². The molecule has 0 amide bonds. The average molecular weight is 245 g/mol. The van der Waals surface area contributed by atoms with Crippen LogP contribution in [0.4, 0.5) is 0 Å². The molecule has 4 nitrogen and oxygen atoms in total. The van der Waals surface area contributed by atoms with Crippen molar-refractivity contribution in [2.24, 2.45) is 5.73 Å². The number of nitrogens with zero attached hydrogens (tertiary/aromatic N) is 2. The third-order valence-electron chi connectivity index (χ3n) is 3.80. The lowest BCUT2D eigenvalue weighted by Crippen LogP contribution is -2.17. The third kappa shape index (κ3) is 1.82. The summed E-state index contributed by atoms with van der Waals surface area (Å²) in [6, 6.07) is 4.20. The largest absolute Gasteiger partial charge is 0.358 e. The molecule has 2 N–H and O–H groups in total. The number of benzene rings is 1. The van der Waals surface area contributed by atoms with Gasteiger partial charge in [0, 0.05) is 13.2 Å². The van der Waals surface area contributed by atoms with Crippen LogP contribution >= 0.6 is 0 Å². The van der Waals surface area contributed by atoms with E-state index in [0.717, 1.165) is 29.6 Å². The van der Waals surface area contributed by atoms with Crippen LogP contribution in [0.25, 0.3) is 11.0 Å². The third-order valence-corrected chi connectivity index (χ3v) is 3.80. The number of hydrogen-bond donors (Lipinski definition) is 1. The molecule has 0 radical (unpaired) electrons. The van der Waals surface area contributed by atoms with Gasteiger partial charge in [0.25, 0.3) is 0 Å². The molecule has 1 aliphatic rings. The molecule has 1 aliphatic heterocycles. The second kappa shape index (κ2) is 4.71. The first kappa shape index (κ1) is 11.7. The first-order valence-electron chi connectivity index (χ1n) is 6.58. The highest BCUT2D eigenvalue weighted by Gasteiger charge is 2.18. The van der Waals surface area contributed by atoms with Gasteiger partial charge < -0.3 is 15.0 Å². The Labute approximate surface area is 107 Å². The van der Waals surface area contributed by atoms with Crippen LogP contribution < -0.4 is 5.73 Å². The lowest BCUT2D eigenvalue weighted by Gasteiger charge is -2.24. The molecule has 1 saturated heterocycles. The van der Waals surface area contributed by atoms with Gasteiger partial charge in [-0.2, -0.15) is 0 Å². The maximum atomic E-state index is 5.83. The molecular weight excluding hydrogens is 226 g/mol. The molecule has 96 valence electrons. The van der Waals surface area contributed by atoms with Crippen LogP contribution in [0.1, 0.15) is 36.6 Å². The zero-order valence-corrected chi connectivity index (χ0v) is 10.7. The molecule has 1 atom stereocenters. The molecule has 2 heterocycles. The second-order valence-electron chi connectivity index (χ2n) is 4.89. The molecular formula is C14H19N3O. The van der Waals surface area contributed by atoms with E-state index < -0.39 is 0 Å². The van der Waals surface area contributed by atoms with Crippen LogP contribution in [-0.2, 0) is 11.3 Å². The average Bonchev–Trinajstić information content (AvgIpc) is 2.85. The molecule has 0 spiro atoms. The van der Waals surface area contributed by atoms with E-state index in [0.29, 0.717) is 6.54 Å². The Morgan fingerprint density at radius 2 is 2.33 bits per heavy atom. The predicted octanol–water partition coefficient (Wildman–Crippen LogP) is 2.50. The maximum absolute atomic E-state index is 5.83. The number of rotatable bonds is 2. The van der Waals surface area contributed by atoms with Crippen molar-refractivity contribution in [3.63, 3.8) is 0 Å². The molecule has 2 aromatic rings. The van der Waals surface area contributed by atoms with Crippen LogP contribution in [0.2, 0.25) is 0 Å². The van der Waals surface area contributed by atoms with E-state index in [2.05, 4.69) is 28.6 Å². The highest BCUT2D eigenvalue weighted by atomic mass is 16.5. The Kier molecular flexibility index (Phi) is 3.06. The fourth-order valence-corrected chi connectivity index (χ4v) is 2.67. The van der Waals surface area contributed by atoms with Gasteiger partial charge in [-0.15, -0.1) is 0 Å². The zero-order valence-electron chi connectivity index (χ0n) is 10.7.